The minimum absolute atomic E-state index is 0.0170. The van der Waals surface area contributed by atoms with Crippen molar-refractivity contribution in [3.05, 3.63) is 59.7 Å². The highest BCUT2D eigenvalue weighted by molar-refractivity contribution is 7.89. The number of nitrogens with one attached hydrogen (secondary N) is 1. The lowest BCUT2D eigenvalue weighted by atomic mass is 10.1. The van der Waals surface area contributed by atoms with Gasteiger partial charge in [-0.1, -0.05) is 36.8 Å². The van der Waals surface area contributed by atoms with E-state index in [0.29, 0.717) is 18.7 Å². The Morgan fingerprint density at radius 2 is 1.56 bits per heavy atom. The van der Waals surface area contributed by atoms with Crippen LogP contribution in [0.4, 0.5) is 5.69 Å². The quantitative estimate of drug-likeness (QED) is 0.596. The molecule has 1 atom stereocenters. The molecule has 2 fully saturated rings. The highest BCUT2D eigenvalue weighted by atomic mass is 32.2. The number of sulfonamides is 1. The molecular weight excluding hydrogens is 446 g/mol. The van der Waals surface area contributed by atoms with Crippen molar-refractivity contribution in [3.8, 4) is 0 Å². The molecule has 34 heavy (non-hydrogen) atoms. The number of hydrogen-bond acceptors (Lipinski definition) is 4. The first kappa shape index (κ1) is 24.7. The summed E-state index contributed by atoms with van der Waals surface area (Å²) in [6, 6.07) is 15.4. The molecule has 0 aromatic heterocycles. The zero-order chi connectivity index (χ0) is 24.0. The maximum atomic E-state index is 13.7. The first-order valence-corrected chi connectivity index (χ1v) is 14.1. The molecular formula is C27H37N3O3S. The molecule has 6 nitrogen and oxygen atoms in total. The van der Waals surface area contributed by atoms with E-state index >= 15 is 0 Å². The fourth-order valence-corrected chi connectivity index (χ4v) is 6.66. The summed E-state index contributed by atoms with van der Waals surface area (Å²) in [5.41, 5.74) is 2.38. The summed E-state index contributed by atoms with van der Waals surface area (Å²) in [4.78, 5) is 15.5. The van der Waals surface area contributed by atoms with Crippen LogP contribution in [-0.4, -0.2) is 50.9 Å². The molecule has 0 saturated carbocycles. The molecule has 1 amide bonds. The maximum Gasteiger partial charge on any atom is 0.251 e. The van der Waals surface area contributed by atoms with Crippen LogP contribution in [0.15, 0.2) is 53.4 Å². The van der Waals surface area contributed by atoms with E-state index in [1.54, 1.807) is 16.4 Å². The third kappa shape index (κ3) is 5.99. The summed E-state index contributed by atoms with van der Waals surface area (Å²) in [5.74, 6) is -0.221. The first-order valence-electron chi connectivity index (χ1n) is 12.7. The molecule has 0 radical (unpaired) electrons. The number of carbonyl (C=O) groups excluding carboxylic acids is 1. The van der Waals surface area contributed by atoms with Crippen LogP contribution in [0.25, 0.3) is 0 Å². The van der Waals surface area contributed by atoms with Crippen LogP contribution < -0.4 is 10.2 Å². The second kappa shape index (κ2) is 11.4. The molecule has 2 aliphatic rings. The van der Waals surface area contributed by atoms with Gasteiger partial charge < -0.3 is 10.2 Å². The Balaban J connectivity index is 1.54. The predicted molar refractivity (Wildman–Crippen MR) is 137 cm³/mol. The molecule has 1 N–H and O–H groups in total. The van der Waals surface area contributed by atoms with Crippen LogP contribution in [0.5, 0.6) is 0 Å². The molecule has 0 bridgehead atoms. The van der Waals surface area contributed by atoms with Crippen molar-refractivity contribution in [2.45, 2.75) is 69.2 Å². The van der Waals surface area contributed by atoms with Crippen molar-refractivity contribution in [2.75, 3.05) is 31.1 Å². The Morgan fingerprint density at radius 1 is 0.912 bits per heavy atom. The Hall–Kier alpha value is -2.38. The number of rotatable bonds is 8. The van der Waals surface area contributed by atoms with Gasteiger partial charge in [-0.15, -0.1) is 0 Å². The zero-order valence-corrected chi connectivity index (χ0v) is 21.0. The smallest absolute Gasteiger partial charge is 0.251 e. The van der Waals surface area contributed by atoms with Gasteiger partial charge in [-0.3, -0.25) is 4.79 Å². The highest BCUT2D eigenvalue weighted by Crippen LogP contribution is 2.32. The van der Waals surface area contributed by atoms with Crippen LogP contribution in [0.1, 0.15) is 67.8 Å². The van der Waals surface area contributed by atoms with Gasteiger partial charge in [0, 0.05) is 37.8 Å². The zero-order valence-electron chi connectivity index (χ0n) is 20.2. The summed E-state index contributed by atoms with van der Waals surface area (Å²) >= 11 is 0. The number of nitrogens with zero attached hydrogens (tertiary/aromatic N) is 2. The van der Waals surface area contributed by atoms with E-state index in [2.05, 4.69) is 22.3 Å². The summed E-state index contributed by atoms with van der Waals surface area (Å²) in [7, 11) is -3.66. The second-order valence-corrected chi connectivity index (χ2v) is 11.5. The lowest BCUT2D eigenvalue weighted by molar-refractivity contribution is 0.0938. The number of aryl methyl sites for hydroxylation is 1. The van der Waals surface area contributed by atoms with Crippen molar-refractivity contribution in [3.63, 3.8) is 0 Å². The van der Waals surface area contributed by atoms with Gasteiger partial charge in [-0.05, 0) is 75.6 Å². The summed E-state index contributed by atoms with van der Waals surface area (Å²) < 4.78 is 28.9. The standard InChI is InChI=1S/C27H37N3O3S/c1-22(13-14-23-11-5-2-6-12-23)28-27(31)24-15-16-25(29-17-7-3-8-18-29)26(21-24)34(32,33)30-19-9-4-10-20-30/h2,5-6,11-12,15-16,21-22H,3-4,7-10,13-14,17-20H2,1H3,(H,28,31)/t22-/m0/s1. The van der Waals surface area contributed by atoms with Gasteiger partial charge in [-0.25, -0.2) is 8.42 Å². The Morgan fingerprint density at radius 3 is 2.24 bits per heavy atom. The van der Waals surface area contributed by atoms with Crippen LogP contribution in [-0.2, 0) is 16.4 Å². The minimum atomic E-state index is -3.66. The Bertz CT molecular complexity index is 1060. The van der Waals surface area contributed by atoms with Crippen molar-refractivity contribution in [2.24, 2.45) is 0 Å². The van der Waals surface area contributed by atoms with E-state index in [1.165, 1.54) is 12.0 Å². The Labute approximate surface area is 204 Å². The van der Waals surface area contributed by atoms with E-state index in [-0.39, 0.29) is 16.8 Å². The van der Waals surface area contributed by atoms with Gasteiger partial charge in [0.2, 0.25) is 10.0 Å². The average molecular weight is 484 g/mol. The number of anilines is 1. The first-order chi connectivity index (χ1) is 16.4. The summed E-state index contributed by atoms with van der Waals surface area (Å²) in [6.07, 6.45) is 7.83. The summed E-state index contributed by atoms with van der Waals surface area (Å²) in [5, 5.41) is 3.06. The number of hydrogen-bond donors (Lipinski definition) is 1. The van der Waals surface area contributed by atoms with Crippen LogP contribution in [0.2, 0.25) is 0 Å². The van der Waals surface area contributed by atoms with Crippen molar-refractivity contribution >= 4 is 21.6 Å². The van der Waals surface area contributed by atoms with Crippen LogP contribution in [0.3, 0.4) is 0 Å². The van der Waals surface area contributed by atoms with Crippen LogP contribution in [0, 0.1) is 0 Å². The third-order valence-electron chi connectivity index (χ3n) is 6.94. The average Bonchev–Trinajstić information content (AvgIpc) is 2.88. The predicted octanol–water partition coefficient (Wildman–Crippen LogP) is 4.60. The second-order valence-electron chi connectivity index (χ2n) is 9.59. The fraction of sp³-hybridized carbons (Fsp3) is 0.519. The topological polar surface area (TPSA) is 69.7 Å². The lowest BCUT2D eigenvalue weighted by Gasteiger charge is -2.33. The summed E-state index contributed by atoms with van der Waals surface area (Å²) in [6.45, 7) is 4.80. The Kier molecular flexibility index (Phi) is 8.27. The molecule has 2 heterocycles. The van der Waals surface area contributed by atoms with Crippen molar-refractivity contribution in [1.82, 2.24) is 9.62 Å². The third-order valence-corrected chi connectivity index (χ3v) is 8.87. The number of benzene rings is 2. The molecule has 7 heteroatoms. The largest absolute Gasteiger partial charge is 0.370 e. The molecule has 0 unspecified atom stereocenters. The number of piperidine rings is 2. The monoisotopic (exact) mass is 483 g/mol. The molecule has 2 aromatic carbocycles. The minimum Gasteiger partial charge on any atom is -0.370 e. The molecule has 0 aliphatic carbocycles. The molecule has 4 rings (SSSR count). The lowest BCUT2D eigenvalue weighted by Crippen LogP contribution is -2.38. The van der Waals surface area contributed by atoms with E-state index in [0.717, 1.165) is 63.7 Å². The normalized spacial score (nSPS) is 18.4. The van der Waals surface area contributed by atoms with E-state index < -0.39 is 10.0 Å². The van der Waals surface area contributed by atoms with E-state index in [1.807, 2.05) is 31.2 Å². The number of amides is 1. The van der Waals surface area contributed by atoms with Gasteiger partial charge in [-0.2, -0.15) is 4.31 Å². The SMILES string of the molecule is C[C@@H](CCc1ccccc1)NC(=O)c1ccc(N2CCCCC2)c(S(=O)(=O)N2CCCCC2)c1. The maximum absolute atomic E-state index is 13.7. The van der Waals surface area contributed by atoms with Crippen molar-refractivity contribution in [1.29, 1.82) is 0 Å². The molecule has 184 valence electrons. The van der Waals surface area contributed by atoms with Gasteiger partial charge >= 0.3 is 0 Å². The highest BCUT2D eigenvalue weighted by Gasteiger charge is 2.31. The van der Waals surface area contributed by atoms with E-state index in [9.17, 15) is 13.2 Å². The van der Waals surface area contributed by atoms with Crippen LogP contribution >= 0.6 is 0 Å². The molecule has 2 saturated heterocycles. The van der Waals surface area contributed by atoms with Gasteiger partial charge in [0.1, 0.15) is 4.90 Å². The van der Waals surface area contributed by atoms with Crippen molar-refractivity contribution < 1.29 is 13.2 Å². The molecule has 0 spiro atoms. The van der Waals surface area contributed by atoms with Gasteiger partial charge in [0.05, 0.1) is 5.69 Å². The van der Waals surface area contributed by atoms with E-state index in [4.69, 9.17) is 0 Å². The van der Waals surface area contributed by atoms with Gasteiger partial charge in [0.25, 0.3) is 5.91 Å². The number of carbonyl (C=O) groups is 1. The molecule has 2 aliphatic heterocycles. The van der Waals surface area contributed by atoms with Gasteiger partial charge in [0.15, 0.2) is 0 Å². The fourth-order valence-electron chi connectivity index (χ4n) is 4.91. The molecule has 2 aromatic rings.